The first kappa shape index (κ1) is 22.0. The quantitative estimate of drug-likeness (QED) is 0.449. The summed E-state index contributed by atoms with van der Waals surface area (Å²) >= 11 is 5.97. The maximum Gasteiger partial charge on any atom is 0.277 e. The van der Waals surface area contributed by atoms with E-state index in [1.807, 2.05) is 43.3 Å². The summed E-state index contributed by atoms with van der Waals surface area (Å²) in [7, 11) is 0. The van der Waals surface area contributed by atoms with E-state index in [0.717, 1.165) is 11.1 Å². The lowest BCUT2D eigenvalue weighted by atomic mass is 9.93. The number of halogens is 1. The number of anilines is 1. The molecule has 4 aromatic rings. The molecule has 1 aliphatic heterocycles. The highest BCUT2D eigenvalue weighted by Gasteiger charge is 2.48. The summed E-state index contributed by atoms with van der Waals surface area (Å²) in [5.41, 5.74) is 2.35. The number of rotatable bonds is 5. The van der Waals surface area contributed by atoms with Crippen LogP contribution in [-0.2, 0) is 17.9 Å². The minimum absolute atomic E-state index is 0.190. The molecule has 0 saturated heterocycles. The highest BCUT2D eigenvalue weighted by atomic mass is 35.5. The summed E-state index contributed by atoms with van der Waals surface area (Å²) in [5.74, 6) is -0.0212. The van der Waals surface area contributed by atoms with Crippen LogP contribution in [0.3, 0.4) is 0 Å². The number of fused-ring (bicyclic) bond motifs is 1. The summed E-state index contributed by atoms with van der Waals surface area (Å²) < 4.78 is 7.05. The van der Waals surface area contributed by atoms with Crippen molar-refractivity contribution >= 4 is 29.1 Å². The number of nitrogens with zero attached hydrogens (tertiary/aromatic N) is 3. The van der Waals surface area contributed by atoms with Crippen LogP contribution in [0, 0.1) is 6.92 Å². The largest absolute Gasteiger partial charge is 0.463 e. The minimum atomic E-state index is -1.21. The molecule has 1 N–H and O–H groups in total. The first-order valence-electron chi connectivity index (χ1n) is 10.9. The van der Waals surface area contributed by atoms with E-state index in [1.54, 1.807) is 53.1 Å². The maximum atomic E-state index is 13.8. The fraction of sp³-hybridized carbons (Fsp3) is 0.192. The van der Waals surface area contributed by atoms with Crippen LogP contribution < -0.4 is 10.2 Å². The van der Waals surface area contributed by atoms with Gasteiger partial charge in [0.05, 0.1) is 12.8 Å². The molecular weight excluding hydrogens is 452 g/mol. The Morgan fingerprint density at radius 1 is 1.15 bits per heavy atom. The number of hydrogen-bond acceptors (Lipinski definition) is 4. The van der Waals surface area contributed by atoms with Gasteiger partial charge in [-0.05, 0) is 55.8 Å². The summed E-state index contributed by atoms with van der Waals surface area (Å²) in [5, 5.41) is 8.19. The van der Waals surface area contributed by atoms with Crippen LogP contribution in [0.1, 0.15) is 28.5 Å². The van der Waals surface area contributed by atoms with Crippen molar-refractivity contribution in [1.82, 2.24) is 15.1 Å². The third kappa shape index (κ3) is 3.88. The van der Waals surface area contributed by atoms with Gasteiger partial charge in [0, 0.05) is 23.3 Å². The van der Waals surface area contributed by atoms with E-state index in [9.17, 15) is 9.59 Å². The molecular formula is C26H23ClN4O3. The van der Waals surface area contributed by atoms with Crippen molar-refractivity contribution in [3.8, 4) is 11.5 Å². The molecule has 8 heteroatoms. The third-order valence-electron chi connectivity index (χ3n) is 6.07. The van der Waals surface area contributed by atoms with Gasteiger partial charge < -0.3 is 9.73 Å². The lowest BCUT2D eigenvalue weighted by Gasteiger charge is -2.43. The van der Waals surface area contributed by atoms with Crippen LogP contribution >= 0.6 is 11.6 Å². The lowest BCUT2D eigenvalue weighted by Crippen LogP contribution is -2.64. The van der Waals surface area contributed by atoms with Crippen LogP contribution in [0.25, 0.3) is 11.5 Å². The number of aromatic nitrogens is 2. The van der Waals surface area contributed by atoms with Crippen molar-refractivity contribution in [2.45, 2.75) is 32.5 Å². The Bertz CT molecular complexity index is 1340. The third-order valence-corrected chi connectivity index (χ3v) is 6.33. The zero-order valence-corrected chi connectivity index (χ0v) is 19.5. The molecule has 0 bridgehead atoms. The Kier molecular flexibility index (Phi) is 5.49. The fourth-order valence-corrected chi connectivity index (χ4v) is 4.33. The molecule has 34 heavy (non-hydrogen) atoms. The number of furan rings is 1. The number of aryl methyl sites for hydroxylation is 1. The van der Waals surface area contributed by atoms with Gasteiger partial charge >= 0.3 is 0 Å². The van der Waals surface area contributed by atoms with E-state index < -0.39 is 5.54 Å². The number of carbonyl (C=O) groups is 2. The molecule has 1 atom stereocenters. The highest BCUT2D eigenvalue weighted by Crippen LogP contribution is 2.34. The molecule has 2 aromatic carbocycles. The Labute approximate surface area is 201 Å². The lowest BCUT2D eigenvalue weighted by molar-refractivity contribution is -0.126. The van der Waals surface area contributed by atoms with Gasteiger partial charge in [0.25, 0.3) is 5.91 Å². The van der Waals surface area contributed by atoms with Crippen LogP contribution in [-0.4, -0.2) is 27.1 Å². The van der Waals surface area contributed by atoms with Crippen LogP contribution in [0.15, 0.2) is 77.4 Å². The molecule has 172 valence electrons. The van der Waals surface area contributed by atoms with Crippen molar-refractivity contribution in [1.29, 1.82) is 0 Å². The number of benzene rings is 2. The Morgan fingerprint density at radius 3 is 2.56 bits per heavy atom. The van der Waals surface area contributed by atoms with Gasteiger partial charge in [-0.1, -0.05) is 41.4 Å². The van der Waals surface area contributed by atoms with Gasteiger partial charge in [0.2, 0.25) is 5.91 Å². The van der Waals surface area contributed by atoms with E-state index in [-0.39, 0.29) is 18.4 Å². The number of amides is 2. The van der Waals surface area contributed by atoms with Gasteiger partial charge in [-0.3, -0.25) is 19.2 Å². The second-order valence-electron chi connectivity index (χ2n) is 8.61. The van der Waals surface area contributed by atoms with Crippen molar-refractivity contribution in [3.63, 3.8) is 0 Å². The summed E-state index contributed by atoms with van der Waals surface area (Å²) in [6, 6.07) is 20.1. The van der Waals surface area contributed by atoms with Gasteiger partial charge in [-0.2, -0.15) is 5.10 Å². The fourth-order valence-electron chi connectivity index (χ4n) is 4.20. The molecule has 2 amide bonds. The van der Waals surface area contributed by atoms with E-state index in [2.05, 4.69) is 10.4 Å². The SMILES string of the molecule is Cc1ccc(N2C(=O)c3cc(-c4ccco4)nn3CC2(C)C(=O)NCc2ccc(Cl)cc2)cc1. The Balaban J connectivity index is 1.52. The van der Waals surface area contributed by atoms with Crippen molar-refractivity contribution in [2.75, 3.05) is 4.90 Å². The van der Waals surface area contributed by atoms with Gasteiger partial charge in [0.1, 0.15) is 16.9 Å². The molecule has 2 aromatic heterocycles. The Morgan fingerprint density at radius 2 is 1.88 bits per heavy atom. The predicted octanol–water partition coefficient (Wildman–Crippen LogP) is 4.84. The summed E-state index contributed by atoms with van der Waals surface area (Å²) in [6.45, 7) is 4.24. The van der Waals surface area contributed by atoms with E-state index in [4.69, 9.17) is 16.0 Å². The molecule has 3 heterocycles. The van der Waals surface area contributed by atoms with Crippen molar-refractivity contribution in [2.24, 2.45) is 0 Å². The van der Waals surface area contributed by atoms with Gasteiger partial charge in [0.15, 0.2) is 5.76 Å². The predicted molar refractivity (Wildman–Crippen MR) is 130 cm³/mol. The molecule has 0 spiro atoms. The standard InChI is InChI=1S/C26H23ClN4O3/c1-17-5-11-20(12-6-17)31-24(32)22-14-21(23-4-3-13-34-23)29-30(22)16-26(31,2)25(33)28-15-18-7-9-19(27)10-8-18/h3-14H,15-16H2,1-2H3,(H,28,33). The normalized spacial score (nSPS) is 17.5. The van der Waals surface area contributed by atoms with E-state index >= 15 is 0 Å². The van der Waals surface area contributed by atoms with Crippen molar-refractivity contribution < 1.29 is 14.0 Å². The average molecular weight is 475 g/mol. The molecule has 0 saturated carbocycles. The summed E-state index contributed by atoms with van der Waals surface area (Å²) in [4.78, 5) is 28.9. The highest BCUT2D eigenvalue weighted by molar-refractivity contribution is 6.30. The maximum absolute atomic E-state index is 13.8. The molecule has 0 fully saturated rings. The summed E-state index contributed by atoms with van der Waals surface area (Å²) in [6.07, 6.45) is 1.56. The van der Waals surface area contributed by atoms with E-state index in [0.29, 0.717) is 34.4 Å². The van der Waals surface area contributed by atoms with Crippen LogP contribution in [0.2, 0.25) is 5.02 Å². The Hall–Kier alpha value is -3.84. The monoisotopic (exact) mass is 474 g/mol. The second-order valence-corrected chi connectivity index (χ2v) is 9.05. The van der Waals surface area contributed by atoms with E-state index in [1.165, 1.54) is 0 Å². The number of nitrogens with one attached hydrogen (secondary N) is 1. The molecule has 1 aliphatic rings. The smallest absolute Gasteiger partial charge is 0.277 e. The minimum Gasteiger partial charge on any atom is -0.463 e. The number of carbonyl (C=O) groups excluding carboxylic acids is 2. The topological polar surface area (TPSA) is 80.4 Å². The molecule has 7 nitrogen and oxygen atoms in total. The average Bonchev–Trinajstić information content (AvgIpc) is 3.50. The molecule has 1 unspecified atom stereocenters. The van der Waals surface area contributed by atoms with Gasteiger partial charge in [-0.15, -0.1) is 0 Å². The van der Waals surface area contributed by atoms with Crippen LogP contribution in [0.5, 0.6) is 0 Å². The molecule has 0 aliphatic carbocycles. The molecule has 0 radical (unpaired) electrons. The second kappa shape index (κ2) is 8.50. The zero-order valence-electron chi connectivity index (χ0n) is 18.8. The first-order valence-corrected chi connectivity index (χ1v) is 11.3. The van der Waals surface area contributed by atoms with Gasteiger partial charge in [-0.25, -0.2) is 0 Å². The molecule has 5 rings (SSSR count). The number of hydrogen-bond donors (Lipinski definition) is 1. The first-order chi connectivity index (χ1) is 16.3. The van der Waals surface area contributed by atoms with Crippen molar-refractivity contribution in [3.05, 3.63) is 94.8 Å². The van der Waals surface area contributed by atoms with Crippen LogP contribution in [0.4, 0.5) is 5.69 Å². The zero-order chi connectivity index (χ0) is 23.9.